The highest BCUT2D eigenvalue weighted by Crippen LogP contribution is 2.27. The number of hydrogen-bond donors (Lipinski definition) is 3. The zero-order valence-electron chi connectivity index (χ0n) is 16.6. The maximum atomic E-state index is 12.1. The third-order valence-corrected chi connectivity index (χ3v) is 4.45. The summed E-state index contributed by atoms with van der Waals surface area (Å²) in [5.41, 5.74) is 4.64. The summed E-state index contributed by atoms with van der Waals surface area (Å²) in [7, 11) is 1.57. The average molecular weight is 404 g/mol. The molecule has 0 saturated carbocycles. The van der Waals surface area contributed by atoms with Gasteiger partial charge in [-0.2, -0.15) is 0 Å². The molecule has 0 aliphatic rings. The van der Waals surface area contributed by atoms with Crippen molar-refractivity contribution in [1.82, 2.24) is 5.32 Å². The topological polar surface area (TPSA) is 79.5 Å². The molecular weight excluding hydrogens is 378 g/mol. The van der Waals surface area contributed by atoms with E-state index in [9.17, 15) is 9.59 Å². The Morgan fingerprint density at radius 2 is 1.71 bits per heavy atom. The van der Waals surface area contributed by atoms with E-state index in [-0.39, 0.29) is 24.8 Å². The Kier molecular flexibility index (Phi) is 7.70. The van der Waals surface area contributed by atoms with Crippen molar-refractivity contribution in [3.63, 3.8) is 0 Å². The minimum Gasteiger partial charge on any atom is -0.495 e. The number of ether oxygens (including phenoxy) is 1. The molecule has 0 unspecified atom stereocenters. The van der Waals surface area contributed by atoms with Gasteiger partial charge >= 0.3 is 0 Å². The lowest BCUT2D eigenvalue weighted by Gasteiger charge is -2.13. The van der Waals surface area contributed by atoms with Crippen LogP contribution >= 0.6 is 11.6 Å². The minimum absolute atomic E-state index is 0.0773. The van der Waals surface area contributed by atoms with Crippen LogP contribution in [0, 0.1) is 20.8 Å². The molecular formula is C21H26ClN3O3. The third kappa shape index (κ3) is 6.16. The van der Waals surface area contributed by atoms with Crippen molar-refractivity contribution in [2.24, 2.45) is 0 Å². The van der Waals surface area contributed by atoms with Crippen LogP contribution in [0.25, 0.3) is 0 Å². The van der Waals surface area contributed by atoms with Gasteiger partial charge in [-0.15, -0.1) is 0 Å². The molecule has 3 N–H and O–H groups in total. The predicted octanol–water partition coefficient (Wildman–Crippen LogP) is 3.83. The number of carbonyl (C=O) groups is 2. The quantitative estimate of drug-likeness (QED) is 0.625. The molecule has 2 amide bonds. The maximum Gasteiger partial charge on any atom is 0.243 e. The highest BCUT2D eigenvalue weighted by Gasteiger charge is 2.10. The number of methoxy groups -OCH3 is 1. The van der Waals surface area contributed by atoms with E-state index in [1.165, 1.54) is 0 Å². The molecule has 0 heterocycles. The summed E-state index contributed by atoms with van der Waals surface area (Å²) in [4.78, 5) is 24.2. The number of rotatable bonds is 8. The Labute approximate surface area is 170 Å². The van der Waals surface area contributed by atoms with Crippen molar-refractivity contribution in [2.75, 3.05) is 30.8 Å². The molecule has 2 aromatic rings. The lowest BCUT2D eigenvalue weighted by Crippen LogP contribution is -2.34. The third-order valence-electron chi connectivity index (χ3n) is 4.22. The normalized spacial score (nSPS) is 10.3. The molecule has 0 bridgehead atoms. The number of nitrogens with one attached hydrogen (secondary N) is 3. The van der Waals surface area contributed by atoms with Crippen LogP contribution in [0.4, 0.5) is 11.4 Å². The van der Waals surface area contributed by atoms with Crippen LogP contribution in [0.3, 0.4) is 0 Å². The van der Waals surface area contributed by atoms with Crippen LogP contribution in [0.2, 0.25) is 5.02 Å². The highest BCUT2D eigenvalue weighted by atomic mass is 35.5. The van der Waals surface area contributed by atoms with Crippen molar-refractivity contribution in [2.45, 2.75) is 27.2 Å². The van der Waals surface area contributed by atoms with E-state index in [0.717, 1.165) is 22.4 Å². The number of hydrogen-bond acceptors (Lipinski definition) is 4. The first kappa shape index (κ1) is 21.6. The van der Waals surface area contributed by atoms with E-state index in [1.807, 2.05) is 32.9 Å². The van der Waals surface area contributed by atoms with Gasteiger partial charge in [0.1, 0.15) is 5.75 Å². The fourth-order valence-corrected chi connectivity index (χ4v) is 3.13. The van der Waals surface area contributed by atoms with E-state index < -0.39 is 0 Å². The molecule has 0 fully saturated rings. The Hall–Kier alpha value is -2.73. The van der Waals surface area contributed by atoms with Gasteiger partial charge in [-0.05, 0) is 50.1 Å². The molecule has 28 heavy (non-hydrogen) atoms. The number of carbonyl (C=O) groups excluding carboxylic acids is 2. The second kappa shape index (κ2) is 9.99. The molecule has 0 radical (unpaired) electrons. The van der Waals surface area contributed by atoms with Gasteiger partial charge in [-0.1, -0.05) is 29.3 Å². The number of benzene rings is 2. The number of halogens is 1. The Bertz CT molecular complexity index is 845. The predicted molar refractivity (Wildman–Crippen MR) is 113 cm³/mol. The van der Waals surface area contributed by atoms with Crippen molar-refractivity contribution < 1.29 is 14.3 Å². The first-order chi connectivity index (χ1) is 13.3. The van der Waals surface area contributed by atoms with E-state index in [0.29, 0.717) is 23.0 Å². The molecule has 0 aliphatic carbocycles. The van der Waals surface area contributed by atoms with Gasteiger partial charge in [0.15, 0.2) is 0 Å². The van der Waals surface area contributed by atoms with Crippen LogP contribution in [-0.4, -0.2) is 32.0 Å². The lowest BCUT2D eigenvalue weighted by molar-refractivity contribution is -0.124. The molecule has 0 aromatic heterocycles. The first-order valence-electron chi connectivity index (χ1n) is 9.02. The highest BCUT2D eigenvalue weighted by molar-refractivity contribution is 6.30. The Morgan fingerprint density at radius 1 is 1.04 bits per heavy atom. The van der Waals surface area contributed by atoms with Crippen molar-refractivity contribution >= 4 is 34.8 Å². The molecule has 0 aliphatic heterocycles. The smallest absolute Gasteiger partial charge is 0.243 e. The van der Waals surface area contributed by atoms with Crippen LogP contribution in [0.1, 0.15) is 23.1 Å². The van der Waals surface area contributed by atoms with Gasteiger partial charge < -0.3 is 20.7 Å². The molecule has 0 spiro atoms. The molecule has 6 nitrogen and oxygen atoms in total. The van der Waals surface area contributed by atoms with Crippen molar-refractivity contribution in [3.8, 4) is 5.75 Å². The van der Waals surface area contributed by atoms with E-state index in [1.54, 1.807) is 25.3 Å². The van der Waals surface area contributed by atoms with Crippen LogP contribution in [0.5, 0.6) is 5.75 Å². The molecule has 7 heteroatoms. The second-order valence-corrected chi connectivity index (χ2v) is 7.06. The zero-order valence-corrected chi connectivity index (χ0v) is 17.4. The largest absolute Gasteiger partial charge is 0.495 e. The SMILES string of the molecule is COc1ccc(Cl)cc1NCCC(=O)NCC(=O)Nc1c(C)cc(C)cc1C. The first-order valence-corrected chi connectivity index (χ1v) is 9.39. The summed E-state index contributed by atoms with van der Waals surface area (Å²) >= 11 is 5.98. The monoisotopic (exact) mass is 403 g/mol. The number of amides is 2. The van der Waals surface area contributed by atoms with Gasteiger partial charge in [0, 0.05) is 23.7 Å². The zero-order chi connectivity index (χ0) is 20.7. The Morgan fingerprint density at radius 3 is 2.36 bits per heavy atom. The fraction of sp³-hybridized carbons (Fsp3) is 0.333. The fourth-order valence-electron chi connectivity index (χ4n) is 2.96. The summed E-state index contributed by atoms with van der Waals surface area (Å²) in [5.74, 6) is 0.168. The molecule has 150 valence electrons. The van der Waals surface area contributed by atoms with Crippen molar-refractivity contribution in [3.05, 3.63) is 52.0 Å². The number of anilines is 2. The van der Waals surface area contributed by atoms with Gasteiger partial charge in [0.2, 0.25) is 11.8 Å². The van der Waals surface area contributed by atoms with Crippen LogP contribution in [0.15, 0.2) is 30.3 Å². The van der Waals surface area contributed by atoms with E-state index >= 15 is 0 Å². The summed E-state index contributed by atoms with van der Waals surface area (Å²) in [6.45, 7) is 6.22. The van der Waals surface area contributed by atoms with Crippen molar-refractivity contribution in [1.29, 1.82) is 0 Å². The van der Waals surface area contributed by atoms with Gasteiger partial charge in [0.05, 0.1) is 19.3 Å². The van der Waals surface area contributed by atoms with Gasteiger partial charge in [0.25, 0.3) is 0 Å². The number of aryl methyl sites for hydroxylation is 3. The van der Waals surface area contributed by atoms with Crippen LogP contribution in [-0.2, 0) is 9.59 Å². The summed E-state index contributed by atoms with van der Waals surface area (Å²) < 4.78 is 5.25. The second-order valence-electron chi connectivity index (χ2n) is 6.62. The summed E-state index contributed by atoms with van der Waals surface area (Å²) in [6, 6.07) is 9.24. The standard InChI is InChI=1S/C21H26ClN3O3/c1-13-9-14(2)21(15(3)10-13)25-20(27)12-24-19(26)7-8-23-17-11-16(22)5-6-18(17)28-4/h5-6,9-11,23H,7-8,12H2,1-4H3,(H,24,26)(H,25,27). The molecule has 0 atom stereocenters. The van der Waals surface area contributed by atoms with Gasteiger partial charge in [-0.25, -0.2) is 0 Å². The van der Waals surface area contributed by atoms with E-state index in [2.05, 4.69) is 16.0 Å². The minimum atomic E-state index is -0.257. The molecule has 2 aromatic carbocycles. The summed E-state index contributed by atoms with van der Waals surface area (Å²) in [6.07, 6.45) is 0.214. The molecule has 0 saturated heterocycles. The lowest BCUT2D eigenvalue weighted by atomic mass is 10.1. The maximum absolute atomic E-state index is 12.1. The van der Waals surface area contributed by atoms with Gasteiger partial charge in [-0.3, -0.25) is 9.59 Å². The molecule has 2 rings (SSSR count). The van der Waals surface area contributed by atoms with Crippen LogP contribution < -0.4 is 20.7 Å². The average Bonchev–Trinajstić information content (AvgIpc) is 2.63. The Balaban J connectivity index is 1.78. The summed E-state index contributed by atoms with van der Waals surface area (Å²) in [5, 5.41) is 9.18. The van der Waals surface area contributed by atoms with E-state index in [4.69, 9.17) is 16.3 Å².